The van der Waals surface area contributed by atoms with Crippen molar-refractivity contribution >= 4 is 15.9 Å². The Morgan fingerprint density at radius 1 is 1.35 bits per heavy atom. The fraction of sp³-hybridized carbons (Fsp3) is 0.400. The van der Waals surface area contributed by atoms with Crippen LogP contribution < -0.4 is 5.73 Å². The summed E-state index contributed by atoms with van der Waals surface area (Å²) in [5, 5.41) is 4.53. The molecule has 0 bridgehead atoms. The summed E-state index contributed by atoms with van der Waals surface area (Å²) in [5.41, 5.74) is 10.1. The van der Waals surface area contributed by atoms with Crippen LogP contribution in [0.25, 0.3) is 0 Å². The maximum atomic E-state index is 13.4. The molecule has 108 valence electrons. The lowest BCUT2D eigenvalue weighted by Crippen LogP contribution is -2.11. The highest BCUT2D eigenvalue weighted by molar-refractivity contribution is 9.10. The molecule has 0 aliphatic rings. The van der Waals surface area contributed by atoms with E-state index >= 15 is 0 Å². The summed E-state index contributed by atoms with van der Waals surface area (Å²) in [4.78, 5) is 0. The highest BCUT2D eigenvalue weighted by atomic mass is 79.9. The zero-order valence-electron chi connectivity index (χ0n) is 12.0. The number of hydrogen-bond acceptors (Lipinski definition) is 2. The Hall–Kier alpha value is -1.20. The van der Waals surface area contributed by atoms with E-state index in [0.29, 0.717) is 6.54 Å². The molecule has 2 N–H and O–H groups in total. The van der Waals surface area contributed by atoms with Gasteiger partial charge in [-0.2, -0.15) is 5.10 Å². The van der Waals surface area contributed by atoms with Gasteiger partial charge in [-0.3, -0.25) is 4.68 Å². The highest BCUT2D eigenvalue weighted by Crippen LogP contribution is 2.23. The quantitative estimate of drug-likeness (QED) is 0.919. The Balaban J connectivity index is 2.35. The van der Waals surface area contributed by atoms with Crippen molar-refractivity contribution in [3.63, 3.8) is 0 Å². The predicted octanol–water partition coefficient (Wildman–Crippen LogP) is 3.86. The average molecular weight is 340 g/mol. The fourth-order valence-electron chi connectivity index (χ4n) is 2.48. The molecule has 1 aromatic heterocycles. The van der Waals surface area contributed by atoms with Crippen molar-refractivity contribution in [2.75, 3.05) is 0 Å². The van der Waals surface area contributed by atoms with E-state index < -0.39 is 0 Å². The van der Waals surface area contributed by atoms with Gasteiger partial charge in [-0.25, -0.2) is 4.39 Å². The summed E-state index contributed by atoms with van der Waals surface area (Å²) in [6.45, 7) is 6.58. The van der Waals surface area contributed by atoms with E-state index in [-0.39, 0.29) is 11.9 Å². The van der Waals surface area contributed by atoms with Crippen LogP contribution in [0, 0.1) is 19.7 Å². The molecule has 0 fully saturated rings. The van der Waals surface area contributed by atoms with Crippen molar-refractivity contribution in [3.05, 3.63) is 51.0 Å². The van der Waals surface area contributed by atoms with Crippen molar-refractivity contribution in [2.45, 2.75) is 39.8 Å². The second-order valence-electron chi connectivity index (χ2n) is 5.03. The van der Waals surface area contributed by atoms with Gasteiger partial charge >= 0.3 is 0 Å². The molecule has 0 spiro atoms. The van der Waals surface area contributed by atoms with Crippen molar-refractivity contribution in [1.82, 2.24) is 9.78 Å². The number of nitrogens with two attached hydrogens (primary N) is 1. The standard InChI is InChI=1S/C15H19BrFN3/c1-4-14(18)15-9(2)19-20(10(15)3)8-11-5-12(16)7-13(17)6-11/h5-7,14H,4,8,18H2,1-3H3. The summed E-state index contributed by atoms with van der Waals surface area (Å²) in [6.07, 6.45) is 0.874. The molecule has 5 heteroatoms. The lowest BCUT2D eigenvalue weighted by molar-refractivity contribution is 0.613. The van der Waals surface area contributed by atoms with Crippen LogP contribution in [0.2, 0.25) is 0 Å². The monoisotopic (exact) mass is 339 g/mol. The van der Waals surface area contributed by atoms with E-state index in [1.807, 2.05) is 24.6 Å². The van der Waals surface area contributed by atoms with Gasteiger partial charge in [0.25, 0.3) is 0 Å². The second kappa shape index (κ2) is 6.06. The van der Waals surface area contributed by atoms with Crippen LogP contribution in [0.3, 0.4) is 0 Å². The van der Waals surface area contributed by atoms with Gasteiger partial charge in [0, 0.05) is 21.8 Å². The maximum absolute atomic E-state index is 13.4. The largest absolute Gasteiger partial charge is 0.324 e. The molecule has 1 heterocycles. The van der Waals surface area contributed by atoms with Gasteiger partial charge in [0.1, 0.15) is 5.82 Å². The van der Waals surface area contributed by atoms with Gasteiger partial charge in [-0.05, 0) is 44.0 Å². The molecule has 2 aromatic rings. The van der Waals surface area contributed by atoms with E-state index in [2.05, 4.69) is 28.0 Å². The van der Waals surface area contributed by atoms with E-state index in [0.717, 1.165) is 33.4 Å². The highest BCUT2D eigenvalue weighted by Gasteiger charge is 2.16. The molecule has 1 atom stereocenters. The minimum Gasteiger partial charge on any atom is -0.324 e. The number of hydrogen-bond donors (Lipinski definition) is 1. The SMILES string of the molecule is CCC(N)c1c(C)nn(Cc2cc(F)cc(Br)c2)c1C. The smallest absolute Gasteiger partial charge is 0.124 e. The predicted molar refractivity (Wildman–Crippen MR) is 82.1 cm³/mol. The third-order valence-corrected chi connectivity index (χ3v) is 3.96. The molecular formula is C15H19BrFN3. The van der Waals surface area contributed by atoms with Crippen LogP contribution in [0.4, 0.5) is 4.39 Å². The van der Waals surface area contributed by atoms with E-state index in [9.17, 15) is 4.39 Å². The number of halogens is 2. The summed E-state index contributed by atoms with van der Waals surface area (Å²) in [5.74, 6) is -0.249. The molecular weight excluding hydrogens is 321 g/mol. The summed E-state index contributed by atoms with van der Waals surface area (Å²) >= 11 is 3.31. The van der Waals surface area contributed by atoms with E-state index in [1.165, 1.54) is 12.1 Å². The van der Waals surface area contributed by atoms with Gasteiger partial charge in [0.2, 0.25) is 0 Å². The number of aryl methyl sites for hydroxylation is 1. The lowest BCUT2D eigenvalue weighted by Gasteiger charge is -2.10. The molecule has 0 saturated carbocycles. The molecule has 0 radical (unpaired) electrons. The van der Waals surface area contributed by atoms with Crippen molar-refractivity contribution < 1.29 is 4.39 Å². The molecule has 0 saturated heterocycles. The first-order valence-corrected chi connectivity index (χ1v) is 7.46. The number of benzene rings is 1. The Kier molecular flexibility index (Phi) is 4.60. The molecule has 0 aliphatic heterocycles. The van der Waals surface area contributed by atoms with Crippen LogP contribution in [0.5, 0.6) is 0 Å². The molecule has 1 aromatic carbocycles. The molecule has 2 rings (SSSR count). The number of aromatic nitrogens is 2. The summed E-state index contributed by atoms with van der Waals surface area (Å²) in [6, 6.07) is 4.88. The van der Waals surface area contributed by atoms with Crippen LogP contribution >= 0.6 is 15.9 Å². The van der Waals surface area contributed by atoms with E-state index in [4.69, 9.17) is 5.73 Å². The van der Waals surface area contributed by atoms with Crippen LogP contribution in [-0.2, 0) is 6.54 Å². The first-order valence-electron chi connectivity index (χ1n) is 6.66. The van der Waals surface area contributed by atoms with Crippen molar-refractivity contribution in [3.8, 4) is 0 Å². The second-order valence-corrected chi connectivity index (χ2v) is 5.95. The Labute approximate surface area is 127 Å². The number of nitrogens with zero attached hydrogens (tertiary/aromatic N) is 2. The van der Waals surface area contributed by atoms with Gasteiger partial charge in [-0.15, -0.1) is 0 Å². The Morgan fingerprint density at radius 2 is 2.05 bits per heavy atom. The summed E-state index contributed by atoms with van der Waals surface area (Å²) in [7, 11) is 0. The van der Waals surface area contributed by atoms with Crippen LogP contribution in [-0.4, -0.2) is 9.78 Å². The third kappa shape index (κ3) is 3.10. The van der Waals surface area contributed by atoms with E-state index in [1.54, 1.807) is 0 Å². The molecule has 0 amide bonds. The molecule has 3 nitrogen and oxygen atoms in total. The first-order chi connectivity index (χ1) is 9.42. The van der Waals surface area contributed by atoms with Crippen LogP contribution in [0.15, 0.2) is 22.7 Å². The fourth-order valence-corrected chi connectivity index (χ4v) is 2.99. The molecule has 1 unspecified atom stereocenters. The number of rotatable bonds is 4. The van der Waals surface area contributed by atoms with Crippen LogP contribution in [0.1, 0.15) is 41.9 Å². The van der Waals surface area contributed by atoms with Gasteiger partial charge < -0.3 is 5.73 Å². The average Bonchev–Trinajstić information content (AvgIpc) is 2.62. The first kappa shape index (κ1) is 15.2. The Morgan fingerprint density at radius 3 is 2.65 bits per heavy atom. The maximum Gasteiger partial charge on any atom is 0.124 e. The normalized spacial score (nSPS) is 12.7. The molecule has 0 aliphatic carbocycles. The van der Waals surface area contributed by atoms with Gasteiger partial charge in [0.15, 0.2) is 0 Å². The molecule has 20 heavy (non-hydrogen) atoms. The third-order valence-electron chi connectivity index (χ3n) is 3.50. The topological polar surface area (TPSA) is 43.8 Å². The Bertz CT molecular complexity index is 602. The zero-order valence-corrected chi connectivity index (χ0v) is 13.5. The minimum atomic E-state index is -0.249. The van der Waals surface area contributed by atoms with Crippen molar-refractivity contribution in [1.29, 1.82) is 0 Å². The minimum absolute atomic E-state index is 0.00277. The van der Waals surface area contributed by atoms with Crippen molar-refractivity contribution in [2.24, 2.45) is 5.73 Å². The lowest BCUT2D eigenvalue weighted by atomic mass is 10.0. The van der Waals surface area contributed by atoms with Gasteiger partial charge in [0.05, 0.1) is 12.2 Å². The van der Waals surface area contributed by atoms with Gasteiger partial charge in [-0.1, -0.05) is 22.9 Å². The summed E-state index contributed by atoms with van der Waals surface area (Å²) < 4.78 is 16.0. The zero-order chi connectivity index (χ0) is 14.9.